The van der Waals surface area contributed by atoms with Crippen molar-refractivity contribution in [3.8, 4) is 0 Å². The molecule has 1 amide bonds. The Kier molecular flexibility index (Phi) is 10.2. The summed E-state index contributed by atoms with van der Waals surface area (Å²) < 4.78 is 4.86. The Hall–Kier alpha value is -0.370. The van der Waals surface area contributed by atoms with E-state index >= 15 is 0 Å². The molecule has 1 aliphatic rings. The average molecular weight is 356 g/mol. The maximum absolute atomic E-state index is 11.6. The minimum absolute atomic E-state index is 0. The summed E-state index contributed by atoms with van der Waals surface area (Å²) in [5.74, 6) is -0.143. The molecule has 1 unspecified atom stereocenters. The second kappa shape index (κ2) is 10.4. The van der Waals surface area contributed by atoms with Gasteiger partial charge in [0.15, 0.2) is 0 Å². The molecule has 21 heavy (non-hydrogen) atoms. The topological polar surface area (TPSA) is 67.6 Å². The van der Waals surface area contributed by atoms with Crippen molar-refractivity contribution in [3.05, 3.63) is 21.9 Å². The Morgan fingerprint density at radius 2 is 2.33 bits per heavy atom. The van der Waals surface area contributed by atoms with Gasteiger partial charge in [-0.25, -0.2) is 0 Å². The van der Waals surface area contributed by atoms with Crippen molar-refractivity contribution in [2.24, 2.45) is 5.73 Å². The first kappa shape index (κ1) is 20.6. The summed E-state index contributed by atoms with van der Waals surface area (Å²) in [5.41, 5.74) is 7.08. The van der Waals surface area contributed by atoms with Crippen molar-refractivity contribution in [2.45, 2.75) is 19.0 Å². The number of nitrogens with two attached hydrogens (primary N) is 1. The first-order valence-electron chi connectivity index (χ1n) is 6.50. The van der Waals surface area contributed by atoms with Gasteiger partial charge in [0.2, 0.25) is 5.91 Å². The first-order valence-corrected chi connectivity index (χ1v) is 7.38. The molecule has 0 saturated heterocycles. The van der Waals surface area contributed by atoms with Crippen LogP contribution in [0.25, 0.3) is 0 Å². The van der Waals surface area contributed by atoms with Crippen LogP contribution in [0.4, 0.5) is 0 Å². The number of hydrogen-bond acceptors (Lipinski definition) is 5. The van der Waals surface area contributed by atoms with E-state index in [1.54, 1.807) is 7.11 Å². The molecule has 2 rings (SSSR count). The highest BCUT2D eigenvalue weighted by Crippen LogP contribution is 2.23. The number of thiophene rings is 1. The Morgan fingerprint density at radius 3 is 3.05 bits per heavy atom. The van der Waals surface area contributed by atoms with Crippen LogP contribution in [-0.2, 0) is 22.5 Å². The van der Waals surface area contributed by atoms with Crippen molar-refractivity contribution in [1.29, 1.82) is 0 Å². The molecule has 0 radical (unpaired) electrons. The number of hydrogen-bond donors (Lipinski definition) is 2. The minimum Gasteiger partial charge on any atom is -0.383 e. The zero-order chi connectivity index (χ0) is 13.7. The SMILES string of the molecule is COCC(N)C(=O)NCCN1CCc2sccc2C1.Cl.Cl. The maximum atomic E-state index is 11.6. The Balaban J connectivity index is 0.00000200. The fourth-order valence-electron chi connectivity index (χ4n) is 2.22. The van der Waals surface area contributed by atoms with Crippen molar-refractivity contribution in [2.75, 3.05) is 33.4 Å². The Morgan fingerprint density at radius 1 is 1.57 bits per heavy atom. The monoisotopic (exact) mass is 355 g/mol. The summed E-state index contributed by atoms with van der Waals surface area (Å²) in [4.78, 5) is 15.5. The lowest BCUT2D eigenvalue weighted by molar-refractivity contribution is -0.123. The van der Waals surface area contributed by atoms with Crippen molar-refractivity contribution in [1.82, 2.24) is 10.2 Å². The van der Waals surface area contributed by atoms with Gasteiger partial charge in [0, 0.05) is 38.2 Å². The van der Waals surface area contributed by atoms with E-state index in [4.69, 9.17) is 10.5 Å². The third-order valence-electron chi connectivity index (χ3n) is 3.30. The molecule has 5 nitrogen and oxygen atoms in total. The van der Waals surface area contributed by atoms with E-state index < -0.39 is 6.04 Å². The predicted octanol–water partition coefficient (Wildman–Crippen LogP) is 1.04. The molecule has 0 saturated carbocycles. The maximum Gasteiger partial charge on any atom is 0.239 e. The number of carbonyl (C=O) groups is 1. The van der Waals surface area contributed by atoms with Crippen LogP contribution in [0.2, 0.25) is 0 Å². The Labute approximate surface area is 142 Å². The molecule has 0 aromatic carbocycles. The number of amides is 1. The summed E-state index contributed by atoms with van der Waals surface area (Å²) >= 11 is 1.84. The third kappa shape index (κ3) is 6.10. The number of rotatable bonds is 6. The van der Waals surface area contributed by atoms with E-state index in [2.05, 4.69) is 21.7 Å². The smallest absolute Gasteiger partial charge is 0.239 e. The van der Waals surface area contributed by atoms with Crippen molar-refractivity contribution in [3.63, 3.8) is 0 Å². The molecule has 1 aromatic rings. The Bertz CT molecular complexity index is 431. The molecule has 122 valence electrons. The summed E-state index contributed by atoms with van der Waals surface area (Å²) in [6, 6.07) is 1.62. The van der Waals surface area contributed by atoms with E-state index in [0.717, 1.165) is 26.1 Å². The lowest BCUT2D eigenvalue weighted by atomic mass is 10.1. The zero-order valence-electron chi connectivity index (χ0n) is 12.0. The summed E-state index contributed by atoms with van der Waals surface area (Å²) in [6.45, 7) is 3.80. The molecular weight excluding hydrogens is 333 g/mol. The second-order valence-electron chi connectivity index (χ2n) is 4.75. The number of halogens is 2. The predicted molar refractivity (Wildman–Crippen MR) is 90.7 cm³/mol. The van der Waals surface area contributed by atoms with Gasteiger partial charge in [0.25, 0.3) is 0 Å². The van der Waals surface area contributed by atoms with Gasteiger partial charge in [-0.2, -0.15) is 0 Å². The quantitative estimate of drug-likeness (QED) is 0.799. The van der Waals surface area contributed by atoms with Gasteiger partial charge >= 0.3 is 0 Å². The molecule has 8 heteroatoms. The average Bonchev–Trinajstić information content (AvgIpc) is 2.86. The normalized spacial score (nSPS) is 15.3. The van der Waals surface area contributed by atoms with E-state index in [1.165, 1.54) is 10.4 Å². The van der Waals surface area contributed by atoms with Crippen molar-refractivity contribution < 1.29 is 9.53 Å². The van der Waals surface area contributed by atoms with E-state index in [-0.39, 0.29) is 37.3 Å². The molecule has 0 bridgehead atoms. The van der Waals surface area contributed by atoms with Crippen LogP contribution in [0, 0.1) is 0 Å². The number of nitrogens with zero attached hydrogens (tertiary/aromatic N) is 1. The fraction of sp³-hybridized carbons (Fsp3) is 0.615. The highest BCUT2D eigenvalue weighted by molar-refractivity contribution is 7.10. The number of ether oxygens (including phenoxy) is 1. The number of nitrogens with one attached hydrogen (secondary N) is 1. The lowest BCUT2D eigenvalue weighted by Crippen LogP contribution is -2.46. The van der Waals surface area contributed by atoms with Crippen LogP contribution in [0.3, 0.4) is 0 Å². The van der Waals surface area contributed by atoms with Gasteiger partial charge in [-0.3, -0.25) is 9.69 Å². The van der Waals surface area contributed by atoms with E-state index in [1.807, 2.05) is 11.3 Å². The second-order valence-corrected chi connectivity index (χ2v) is 5.75. The summed E-state index contributed by atoms with van der Waals surface area (Å²) in [7, 11) is 1.54. The summed E-state index contributed by atoms with van der Waals surface area (Å²) in [5, 5.41) is 5.00. The summed E-state index contributed by atoms with van der Waals surface area (Å²) in [6.07, 6.45) is 1.12. The number of carbonyl (C=O) groups excluding carboxylic acids is 1. The molecule has 1 aliphatic heterocycles. The molecule has 0 aliphatic carbocycles. The third-order valence-corrected chi connectivity index (χ3v) is 4.32. The van der Waals surface area contributed by atoms with Gasteiger partial charge in [-0.05, 0) is 23.4 Å². The first-order chi connectivity index (χ1) is 9.20. The molecule has 2 heterocycles. The molecule has 3 N–H and O–H groups in total. The van der Waals surface area contributed by atoms with Gasteiger partial charge in [0.1, 0.15) is 6.04 Å². The van der Waals surface area contributed by atoms with Gasteiger partial charge < -0.3 is 15.8 Å². The molecule has 0 spiro atoms. The molecule has 1 atom stereocenters. The van der Waals surface area contributed by atoms with Crippen LogP contribution in [0.1, 0.15) is 10.4 Å². The molecule has 0 fully saturated rings. The van der Waals surface area contributed by atoms with Gasteiger partial charge in [-0.1, -0.05) is 0 Å². The van der Waals surface area contributed by atoms with Gasteiger partial charge in [-0.15, -0.1) is 36.2 Å². The molecular formula is C13H23Cl2N3O2S. The van der Waals surface area contributed by atoms with Crippen LogP contribution in [0.15, 0.2) is 11.4 Å². The standard InChI is InChI=1S/C13H21N3O2S.2ClH/c1-18-9-11(14)13(17)15-4-6-16-5-2-12-10(8-16)3-7-19-12;;/h3,7,11H,2,4-6,8-9,14H2,1H3,(H,15,17);2*1H. The highest BCUT2D eigenvalue weighted by Gasteiger charge is 2.17. The van der Waals surface area contributed by atoms with E-state index in [9.17, 15) is 4.79 Å². The minimum atomic E-state index is -0.574. The number of methoxy groups -OCH3 is 1. The highest BCUT2D eigenvalue weighted by atomic mass is 35.5. The zero-order valence-corrected chi connectivity index (χ0v) is 14.5. The van der Waals surface area contributed by atoms with Crippen LogP contribution in [0.5, 0.6) is 0 Å². The lowest BCUT2D eigenvalue weighted by Gasteiger charge is -2.26. The molecule has 1 aromatic heterocycles. The number of fused-ring (bicyclic) bond motifs is 1. The van der Waals surface area contributed by atoms with Crippen molar-refractivity contribution >= 4 is 42.1 Å². The van der Waals surface area contributed by atoms with Gasteiger partial charge in [0.05, 0.1) is 6.61 Å². The van der Waals surface area contributed by atoms with E-state index in [0.29, 0.717) is 6.54 Å². The van der Waals surface area contributed by atoms with Crippen LogP contribution >= 0.6 is 36.2 Å². The van der Waals surface area contributed by atoms with Crippen LogP contribution in [-0.4, -0.2) is 50.2 Å². The van der Waals surface area contributed by atoms with Crippen LogP contribution < -0.4 is 11.1 Å². The fourth-order valence-corrected chi connectivity index (χ4v) is 3.11. The largest absolute Gasteiger partial charge is 0.383 e.